The minimum Gasteiger partial charge on any atom is -0.497 e. The number of hydrogen-bond donors (Lipinski definition) is 2. The molecule has 2 aliphatic rings. The average Bonchev–Trinajstić information content (AvgIpc) is 2.59. The quantitative estimate of drug-likeness (QED) is 0.438. The average molecular weight is 333 g/mol. The van der Waals surface area contributed by atoms with Crippen molar-refractivity contribution in [3.8, 4) is 27.3 Å². The summed E-state index contributed by atoms with van der Waals surface area (Å²) in [5.41, 5.74) is 10.3. The normalized spacial score (nSPS) is 11.0. The third-order valence-corrected chi connectivity index (χ3v) is 5.26. The van der Waals surface area contributed by atoms with E-state index in [2.05, 4.69) is 24.3 Å². The first kappa shape index (κ1) is 14.7. The van der Waals surface area contributed by atoms with Crippen LogP contribution >= 0.6 is 11.3 Å². The molecule has 1 aliphatic carbocycles. The second-order valence-corrected chi connectivity index (χ2v) is 6.80. The number of methoxy groups -OCH3 is 1. The Balaban J connectivity index is 2.11. The zero-order valence-electron chi connectivity index (χ0n) is 13.2. The highest BCUT2D eigenvalue weighted by atomic mass is 32.1. The van der Waals surface area contributed by atoms with Crippen LogP contribution in [0.2, 0.25) is 0 Å². The highest BCUT2D eigenvalue weighted by molar-refractivity contribution is 7.21. The van der Waals surface area contributed by atoms with Crippen LogP contribution in [0.15, 0.2) is 60.7 Å². The van der Waals surface area contributed by atoms with Crippen molar-refractivity contribution in [2.24, 2.45) is 0 Å². The molecular weight excluding hydrogens is 316 g/mol. The van der Waals surface area contributed by atoms with E-state index in [1.807, 2.05) is 36.4 Å². The molecule has 0 saturated heterocycles. The minimum atomic E-state index is 0.766. The molecule has 0 radical (unpaired) electrons. The van der Waals surface area contributed by atoms with Gasteiger partial charge in [0, 0.05) is 38.3 Å². The minimum absolute atomic E-state index is 0.766. The maximum Gasteiger partial charge on any atom is 0.198 e. The smallest absolute Gasteiger partial charge is 0.198 e. The fraction of sp³-hybridized carbons (Fsp3) is 0.0500. The van der Waals surface area contributed by atoms with Gasteiger partial charge in [-0.25, -0.2) is 0 Å². The first-order valence-corrected chi connectivity index (χ1v) is 8.46. The standard InChI is InChI=1S/C20H16N2OS/c1-23-15-6-2-12(3-7-15)20-16-8-4-13(21)10-18(16)24-19-11-14(22)5-9-17(19)20/h2-11,21H,22H2,1H3/p+1. The van der Waals surface area contributed by atoms with Crippen molar-refractivity contribution >= 4 is 27.1 Å². The Bertz CT molecular complexity index is 1070. The molecule has 0 aromatic heterocycles. The van der Waals surface area contributed by atoms with Crippen molar-refractivity contribution in [1.82, 2.24) is 0 Å². The highest BCUT2D eigenvalue weighted by Crippen LogP contribution is 2.43. The monoisotopic (exact) mass is 333 g/mol. The molecule has 118 valence electrons. The van der Waals surface area contributed by atoms with Gasteiger partial charge in [-0.2, -0.15) is 0 Å². The van der Waals surface area contributed by atoms with Crippen LogP contribution in [0.25, 0.3) is 31.7 Å². The Hall–Kier alpha value is -2.85. The number of ether oxygens (including phenoxy) is 1. The fourth-order valence-electron chi connectivity index (χ4n) is 2.99. The molecule has 2 aromatic carbocycles. The Kier molecular flexibility index (Phi) is 3.47. The van der Waals surface area contributed by atoms with Gasteiger partial charge < -0.3 is 10.5 Å². The predicted octanol–water partition coefficient (Wildman–Crippen LogP) is 2.92. The van der Waals surface area contributed by atoms with E-state index < -0.39 is 0 Å². The molecule has 24 heavy (non-hydrogen) atoms. The van der Waals surface area contributed by atoms with Crippen molar-refractivity contribution in [3.05, 3.63) is 66.0 Å². The number of fused-ring (bicyclic) bond motifs is 2. The first-order chi connectivity index (χ1) is 11.7. The van der Waals surface area contributed by atoms with Gasteiger partial charge in [0.1, 0.15) is 5.75 Å². The summed E-state index contributed by atoms with van der Waals surface area (Å²) >= 11 is 1.71. The molecule has 0 bridgehead atoms. The number of nitrogens with two attached hydrogens (primary N) is 2. The van der Waals surface area contributed by atoms with Crippen LogP contribution in [-0.4, -0.2) is 7.11 Å². The van der Waals surface area contributed by atoms with E-state index in [4.69, 9.17) is 15.9 Å². The van der Waals surface area contributed by atoms with Crippen molar-refractivity contribution < 1.29 is 10.1 Å². The van der Waals surface area contributed by atoms with Crippen molar-refractivity contribution in [1.29, 1.82) is 0 Å². The zero-order chi connectivity index (χ0) is 16.7. The number of hydrogen-bond acceptors (Lipinski definition) is 3. The SMILES string of the molecule is COc1ccc(-c2c3ccc(=[NH2+])cc-3sc3cc(N)ccc23)cc1. The molecular formula is C20H17N2OS+. The topological polar surface area (TPSA) is 60.8 Å². The molecule has 3 nitrogen and oxygen atoms in total. The maximum atomic E-state index is 5.99. The third kappa shape index (κ3) is 2.41. The molecule has 4 N–H and O–H groups in total. The van der Waals surface area contributed by atoms with Crippen LogP contribution in [0, 0.1) is 0 Å². The summed E-state index contributed by atoms with van der Waals surface area (Å²) in [5, 5.41) is 7.95. The van der Waals surface area contributed by atoms with Crippen molar-refractivity contribution in [3.63, 3.8) is 0 Å². The lowest BCUT2D eigenvalue weighted by Crippen LogP contribution is -2.44. The van der Waals surface area contributed by atoms with Crippen molar-refractivity contribution in [2.45, 2.75) is 0 Å². The van der Waals surface area contributed by atoms with Crippen LogP contribution in [0.3, 0.4) is 0 Å². The lowest BCUT2D eigenvalue weighted by Gasteiger charge is -2.15. The number of rotatable bonds is 2. The van der Waals surface area contributed by atoms with E-state index in [1.54, 1.807) is 18.4 Å². The summed E-state index contributed by atoms with van der Waals surface area (Å²) in [7, 11) is 1.68. The van der Waals surface area contributed by atoms with E-state index >= 15 is 0 Å². The lowest BCUT2D eigenvalue weighted by atomic mass is 9.95. The van der Waals surface area contributed by atoms with Gasteiger partial charge in [0.25, 0.3) is 0 Å². The molecule has 1 heterocycles. The Morgan fingerprint density at radius 2 is 1.75 bits per heavy atom. The number of benzene rings is 3. The Labute approximate surface area is 143 Å². The lowest BCUT2D eigenvalue weighted by molar-refractivity contribution is -0.172. The predicted molar refractivity (Wildman–Crippen MR) is 99.9 cm³/mol. The molecule has 0 unspecified atom stereocenters. The van der Waals surface area contributed by atoms with Gasteiger partial charge in [-0.1, -0.05) is 18.2 Å². The van der Waals surface area contributed by atoms with Gasteiger partial charge in [-0.15, -0.1) is 11.3 Å². The summed E-state index contributed by atoms with van der Waals surface area (Å²) in [5.74, 6) is 0.847. The molecule has 0 saturated carbocycles. The first-order valence-electron chi connectivity index (χ1n) is 7.65. The van der Waals surface area contributed by atoms with Gasteiger partial charge in [-0.3, -0.25) is 5.41 Å². The van der Waals surface area contributed by atoms with Gasteiger partial charge >= 0.3 is 0 Å². The van der Waals surface area contributed by atoms with E-state index in [1.165, 1.54) is 16.5 Å². The summed E-state index contributed by atoms with van der Waals surface area (Å²) in [6.07, 6.45) is 0. The van der Waals surface area contributed by atoms with Crippen LogP contribution in [0.4, 0.5) is 5.69 Å². The molecule has 4 rings (SSSR count). The van der Waals surface area contributed by atoms with Gasteiger partial charge in [0.05, 0.1) is 7.11 Å². The van der Waals surface area contributed by atoms with E-state index in [0.29, 0.717) is 0 Å². The fourth-order valence-corrected chi connectivity index (χ4v) is 4.18. The van der Waals surface area contributed by atoms with E-state index in [0.717, 1.165) is 31.9 Å². The third-order valence-electron chi connectivity index (χ3n) is 4.15. The van der Waals surface area contributed by atoms with Crippen LogP contribution in [-0.2, 0) is 0 Å². The summed E-state index contributed by atoms with van der Waals surface area (Å²) in [6.45, 7) is 0. The van der Waals surface area contributed by atoms with Crippen LogP contribution in [0.1, 0.15) is 0 Å². The maximum absolute atomic E-state index is 5.99. The molecule has 4 heteroatoms. The summed E-state index contributed by atoms with van der Waals surface area (Å²) in [6, 6.07) is 20.3. The molecule has 0 atom stereocenters. The molecule has 0 amide bonds. The van der Waals surface area contributed by atoms with Crippen LogP contribution < -0.4 is 21.2 Å². The van der Waals surface area contributed by atoms with Gasteiger partial charge in [0.15, 0.2) is 5.36 Å². The molecule has 2 aromatic rings. The number of anilines is 1. The van der Waals surface area contributed by atoms with Gasteiger partial charge in [-0.05, 0) is 41.5 Å². The van der Waals surface area contributed by atoms with Crippen LogP contribution in [0.5, 0.6) is 5.75 Å². The molecule has 0 fully saturated rings. The zero-order valence-corrected chi connectivity index (χ0v) is 14.1. The summed E-state index contributed by atoms with van der Waals surface area (Å²) in [4.78, 5) is 1.15. The Morgan fingerprint density at radius 3 is 2.50 bits per heavy atom. The molecule has 1 aliphatic heterocycles. The highest BCUT2D eigenvalue weighted by Gasteiger charge is 2.16. The van der Waals surface area contributed by atoms with Crippen molar-refractivity contribution in [2.75, 3.05) is 12.8 Å². The second-order valence-electron chi connectivity index (χ2n) is 5.72. The number of nitrogen functional groups attached to an aromatic ring is 1. The summed E-state index contributed by atoms with van der Waals surface area (Å²) < 4.78 is 6.43. The second kappa shape index (κ2) is 5.65. The van der Waals surface area contributed by atoms with E-state index in [9.17, 15) is 0 Å². The van der Waals surface area contributed by atoms with Gasteiger partial charge in [0.2, 0.25) is 0 Å². The Morgan fingerprint density at radius 1 is 0.958 bits per heavy atom. The largest absolute Gasteiger partial charge is 0.497 e. The van der Waals surface area contributed by atoms with E-state index in [-0.39, 0.29) is 0 Å². The molecule has 0 spiro atoms.